The summed E-state index contributed by atoms with van der Waals surface area (Å²) >= 11 is 0. The second-order valence-corrected chi connectivity index (χ2v) is 8.65. The molecule has 5 aromatic rings. The summed E-state index contributed by atoms with van der Waals surface area (Å²) in [6.45, 7) is 2.48. The van der Waals surface area contributed by atoms with Gasteiger partial charge in [0, 0.05) is 35.0 Å². The fourth-order valence-electron chi connectivity index (χ4n) is 3.96. The average molecular weight is 521 g/mol. The fourth-order valence-corrected chi connectivity index (χ4v) is 3.96. The van der Waals surface area contributed by atoms with Crippen LogP contribution in [-0.4, -0.2) is 36.3 Å². The summed E-state index contributed by atoms with van der Waals surface area (Å²) in [4.78, 5) is 13.2. The van der Waals surface area contributed by atoms with E-state index in [-0.39, 0.29) is 17.5 Å². The molecule has 0 radical (unpaired) electrons. The zero-order valence-corrected chi connectivity index (χ0v) is 20.4. The van der Waals surface area contributed by atoms with E-state index < -0.39 is 6.36 Å². The minimum absolute atomic E-state index is 0.211. The zero-order valence-electron chi connectivity index (χ0n) is 20.4. The maximum atomic E-state index is 12.4. The van der Waals surface area contributed by atoms with E-state index in [1.165, 1.54) is 24.3 Å². The van der Waals surface area contributed by atoms with Crippen LogP contribution in [-0.2, 0) is 19.4 Å². The summed E-state index contributed by atoms with van der Waals surface area (Å²) in [5.41, 5.74) is 5.04. The van der Waals surface area contributed by atoms with Gasteiger partial charge in [0.25, 0.3) is 5.89 Å². The highest BCUT2D eigenvalue weighted by molar-refractivity contribution is 5.58. The Balaban J connectivity index is 1.23. The number of aryl methyl sites for hydroxylation is 3. The van der Waals surface area contributed by atoms with Crippen LogP contribution in [0.4, 0.5) is 13.2 Å². The molecular formula is C27H23F3N6O2. The third-order valence-electron chi connectivity index (χ3n) is 5.78. The lowest BCUT2D eigenvalue weighted by atomic mass is 10.1. The van der Waals surface area contributed by atoms with Gasteiger partial charge in [0.15, 0.2) is 5.69 Å². The summed E-state index contributed by atoms with van der Waals surface area (Å²) < 4.78 is 48.2. The van der Waals surface area contributed by atoms with Gasteiger partial charge in [-0.25, -0.2) is 0 Å². The van der Waals surface area contributed by atoms with Crippen LogP contribution < -0.4 is 4.74 Å². The van der Waals surface area contributed by atoms with Gasteiger partial charge in [0.1, 0.15) is 5.75 Å². The lowest BCUT2D eigenvalue weighted by molar-refractivity contribution is -0.274. The highest BCUT2D eigenvalue weighted by Crippen LogP contribution is 2.27. The number of halogens is 3. The molecule has 0 amide bonds. The maximum absolute atomic E-state index is 12.4. The van der Waals surface area contributed by atoms with Crippen LogP contribution in [0.15, 0.2) is 77.6 Å². The van der Waals surface area contributed by atoms with E-state index in [0.717, 1.165) is 41.9 Å². The van der Waals surface area contributed by atoms with Gasteiger partial charge in [-0.1, -0.05) is 11.2 Å². The van der Waals surface area contributed by atoms with Gasteiger partial charge in [0.05, 0.1) is 6.54 Å². The monoisotopic (exact) mass is 520 g/mol. The molecule has 0 saturated heterocycles. The Bertz CT molecular complexity index is 1500. The molecule has 8 nitrogen and oxygen atoms in total. The number of ether oxygens (including phenoxy) is 1. The Morgan fingerprint density at radius 3 is 2.47 bits per heavy atom. The van der Waals surface area contributed by atoms with E-state index in [9.17, 15) is 13.2 Å². The first-order chi connectivity index (χ1) is 18.3. The van der Waals surface area contributed by atoms with E-state index in [2.05, 4.69) is 36.0 Å². The van der Waals surface area contributed by atoms with Gasteiger partial charge in [-0.05, 0) is 86.3 Å². The third kappa shape index (κ3) is 6.41. The van der Waals surface area contributed by atoms with Crippen molar-refractivity contribution in [2.24, 2.45) is 0 Å². The van der Waals surface area contributed by atoms with Crippen LogP contribution in [0, 0.1) is 6.92 Å². The minimum atomic E-state index is -4.75. The lowest BCUT2D eigenvalue weighted by Gasteiger charge is -2.08. The fraction of sp³-hybridized carbons (Fsp3) is 0.222. The van der Waals surface area contributed by atoms with Crippen molar-refractivity contribution in [2.45, 2.75) is 39.1 Å². The molecule has 0 unspecified atom stereocenters. The summed E-state index contributed by atoms with van der Waals surface area (Å²) in [6.07, 6.45) is 1.55. The number of nitrogens with zero attached hydrogens (tertiary/aromatic N) is 6. The smallest absolute Gasteiger partial charge is 0.406 e. The first kappa shape index (κ1) is 25.1. The minimum Gasteiger partial charge on any atom is -0.406 e. The molecule has 0 fully saturated rings. The molecular weight excluding hydrogens is 497 g/mol. The number of aromatic nitrogens is 6. The van der Waals surface area contributed by atoms with Gasteiger partial charge < -0.3 is 9.26 Å². The van der Waals surface area contributed by atoms with Crippen molar-refractivity contribution < 1.29 is 22.4 Å². The quantitative estimate of drug-likeness (QED) is 0.242. The second kappa shape index (κ2) is 10.8. The van der Waals surface area contributed by atoms with Crippen molar-refractivity contribution in [1.29, 1.82) is 0 Å². The topological polar surface area (TPSA) is 91.8 Å². The van der Waals surface area contributed by atoms with Crippen molar-refractivity contribution in [3.8, 4) is 28.7 Å². The molecule has 0 spiro atoms. The zero-order chi connectivity index (χ0) is 26.5. The van der Waals surface area contributed by atoms with Crippen molar-refractivity contribution in [3.63, 3.8) is 0 Å². The SMILES string of the molecule is Cc1cc(-c2nc(-c3ccc(OC(F)(F)F)cc3)no2)nn1Cc1ccnc(CCCc2ccccn2)c1. The first-order valence-electron chi connectivity index (χ1n) is 11.9. The van der Waals surface area contributed by atoms with Crippen LogP contribution in [0.2, 0.25) is 0 Å². The molecule has 38 heavy (non-hydrogen) atoms. The van der Waals surface area contributed by atoms with Crippen LogP contribution in [0.25, 0.3) is 23.0 Å². The van der Waals surface area contributed by atoms with E-state index in [1.54, 1.807) is 12.4 Å². The molecule has 4 aromatic heterocycles. The standard InChI is InChI=1S/C27H23F3N6O2/c1-18-15-24(26-33-25(35-38-26)20-8-10-23(11-9-20)37-27(28,29)30)34-36(18)17-19-12-14-32-22(16-19)7-4-6-21-5-2-3-13-31-21/h2-3,5,8-16H,4,6-7,17H2,1H3. The summed E-state index contributed by atoms with van der Waals surface area (Å²) in [7, 11) is 0. The molecule has 194 valence electrons. The molecule has 0 aliphatic carbocycles. The molecule has 0 aliphatic rings. The number of rotatable bonds is 9. The Kier molecular flexibility index (Phi) is 7.16. The van der Waals surface area contributed by atoms with Crippen molar-refractivity contribution in [2.75, 3.05) is 0 Å². The van der Waals surface area contributed by atoms with Crippen molar-refractivity contribution in [3.05, 3.63) is 95.7 Å². The van der Waals surface area contributed by atoms with Crippen LogP contribution in [0.3, 0.4) is 0 Å². The molecule has 11 heteroatoms. The molecule has 1 aromatic carbocycles. The molecule has 5 rings (SSSR count). The number of alkyl halides is 3. The first-order valence-corrected chi connectivity index (χ1v) is 11.9. The summed E-state index contributed by atoms with van der Waals surface area (Å²) in [5.74, 6) is 0.115. The molecule has 0 atom stereocenters. The Morgan fingerprint density at radius 1 is 0.921 bits per heavy atom. The Hall–Kier alpha value is -4.54. The average Bonchev–Trinajstić information content (AvgIpc) is 3.52. The Labute approximate surface area is 216 Å². The van der Waals surface area contributed by atoms with E-state index in [0.29, 0.717) is 17.8 Å². The predicted molar refractivity (Wildman–Crippen MR) is 132 cm³/mol. The molecule has 0 saturated carbocycles. The Morgan fingerprint density at radius 2 is 1.71 bits per heavy atom. The van der Waals surface area contributed by atoms with Gasteiger partial charge in [-0.3, -0.25) is 14.6 Å². The number of benzene rings is 1. The van der Waals surface area contributed by atoms with Crippen LogP contribution >= 0.6 is 0 Å². The van der Waals surface area contributed by atoms with E-state index in [1.807, 2.05) is 41.9 Å². The highest BCUT2D eigenvalue weighted by atomic mass is 19.4. The number of hydrogen-bond donors (Lipinski definition) is 0. The number of hydrogen-bond acceptors (Lipinski definition) is 7. The van der Waals surface area contributed by atoms with Crippen LogP contribution in [0.1, 0.15) is 29.1 Å². The van der Waals surface area contributed by atoms with Crippen LogP contribution in [0.5, 0.6) is 5.75 Å². The van der Waals surface area contributed by atoms with E-state index >= 15 is 0 Å². The van der Waals surface area contributed by atoms with E-state index in [4.69, 9.17) is 4.52 Å². The molecule has 4 heterocycles. The maximum Gasteiger partial charge on any atom is 0.573 e. The number of pyridine rings is 2. The van der Waals surface area contributed by atoms with Crippen molar-refractivity contribution in [1.82, 2.24) is 29.9 Å². The summed E-state index contributed by atoms with van der Waals surface area (Å²) in [6, 6.07) is 17.0. The second-order valence-electron chi connectivity index (χ2n) is 8.65. The third-order valence-corrected chi connectivity index (χ3v) is 5.78. The highest BCUT2D eigenvalue weighted by Gasteiger charge is 2.31. The molecule has 0 N–H and O–H groups in total. The predicted octanol–water partition coefficient (Wildman–Crippen LogP) is 5.82. The van der Waals surface area contributed by atoms with Gasteiger partial charge >= 0.3 is 6.36 Å². The largest absolute Gasteiger partial charge is 0.573 e. The molecule has 0 bridgehead atoms. The normalized spacial score (nSPS) is 11.6. The van der Waals surface area contributed by atoms with Crippen molar-refractivity contribution >= 4 is 0 Å². The lowest BCUT2D eigenvalue weighted by Crippen LogP contribution is -2.16. The summed E-state index contributed by atoms with van der Waals surface area (Å²) in [5, 5.41) is 8.56. The molecule has 0 aliphatic heterocycles. The van der Waals surface area contributed by atoms with Gasteiger partial charge in [-0.2, -0.15) is 10.1 Å². The van der Waals surface area contributed by atoms with Gasteiger partial charge in [-0.15, -0.1) is 13.2 Å². The van der Waals surface area contributed by atoms with Gasteiger partial charge in [0.2, 0.25) is 5.82 Å².